The van der Waals surface area contributed by atoms with Gasteiger partial charge in [0, 0.05) is 18.4 Å². The number of rotatable bonds is 7. The van der Waals surface area contributed by atoms with Gasteiger partial charge in [-0.3, -0.25) is 4.79 Å². The lowest BCUT2D eigenvalue weighted by Crippen LogP contribution is -2.47. The van der Waals surface area contributed by atoms with Gasteiger partial charge in [-0.1, -0.05) is 37.3 Å². The molecule has 1 saturated carbocycles. The fourth-order valence-corrected chi connectivity index (χ4v) is 4.14. The van der Waals surface area contributed by atoms with Crippen LogP contribution in [0.5, 0.6) is 0 Å². The Balaban J connectivity index is 1.32. The van der Waals surface area contributed by atoms with E-state index >= 15 is 0 Å². The van der Waals surface area contributed by atoms with Gasteiger partial charge in [0.2, 0.25) is 0 Å². The number of benzene rings is 1. The Morgan fingerprint density at radius 1 is 1.18 bits per heavy atom. The summed E-state index contributed by atoms with van der Waals surface area (Å²) in [5.41, 5.74) is 1.96. The SMILES string of the molecule is CCc1nc(-c2ncccn2)sc1C(=O)NC1CC(OCc2ccccc2)C1. The van der Waals surface area contributed by atoms with Gasteiger partial charge < -0.3 is 10.1 Å². The molecule has 1 aliphatic rings. The lowest BCUT2D eigenvalue weighted by Gasteiger charge is -2.35. The van der Waals surface area contributed by atoms with Crippen molar-refractivity contribution in [1.82, 2.24) is 20.3 Å². The first-order valence-corrected chi connectivity index (χ1v) is 10.3. The molecule has 6 nitrogen and oxygen atoms in total. The Morgan fingerprint density at radius 3 is 2.64 bits per heavy atom. The second kappa shape index (κ2) is 8.58. The van der Waals surface area contributed by atoms with Crippen molar-refractivity contribution in [2.75, 3.05) is 0 Å². The first-order chi connectivity index (χ1) is 13.7. The number of aryl methyl sites for hydroxylation is 1. The third-order valence-electron chi connectivity index (χ3n) is 4.75. The van der Waals surface area contributed by atoms with Gasteiger partial charge in [0.15, 0.2) is 10.8 Å². The third kappa shape index (κ3) is 4.26. The number of thiazole rings is 1. The molecule has 0 saturated heterocycles. The van der Waals surface area contributed by atoms with Crippen molar-refractivity contribution in [3.8, 4) is 10.8 Å². The highest BCUT2D eigenvalue weighted by atomic mass is 32.1. The van der Waals surface area contributed by atoms with Gasteiger partial charge in [0.05, 0.1) is 18.4 Å². The van der Waals surface area contributed by atoms with Crippen molar-refractivity contribution in [3.05, 3.63) is 64.9 Å². The standard InChI is InChI=1S/C21H22N4O2S/c1-2-17-18(28-21(25-17)19-22-9-6-10-23-19)20(26)24-15-11-16(12-15)27-13-14-7-4-3-5-8-14/h3-10,15-16H,2,11-13H2,1H3,(H,24,26). The quantitative estimate of drug-likeness (QED) is 0.662. The minimum atomic E-state index is -0.0666. The highest BCUT2D eigenvalue weighted by Crippen LogP contribution is 2.28. The highest BCUT2D eigenvalue weighted by Gasteiger charge is 2.32. The van der Waals surface area contributed by atoms with E-state index in [2.05, 4.69) is 32.4 Å². The van der Waals surface area contributed by atoms with Crippen molar-refractivity contribution in [1.29, 1.82) is 0 Å². The molecule has 1 aromatic carbocycles. The van der Waals surface area contributed by atoms with Crippen LogP contribution in [-0.2, 0) is 17.8 Å². The predicted octanol–water partition coefficient (Wildman–Crippen LogP) is 3.64. The molecule has 0 bridgehead atoms. The van der Waals surface area contributed by atoms with Crippen molar-refractivity contribution in [3.63, 3.8) is 0 Å². The number of aromatic nitrogens is 3. The second-order valence-electron chi connectivity index (χ2n) is 6.78. The molecule has 1 amide bonds. The number of ether oxygens (including phenoxy) is 1. The fourth-order valence-electron chi connectivity index (χ4n) is 3.13. The second-order valence-corrected chi connectivity index (χ2v) is 7.78. The van der Waals surface area contributed by atoms with Crippen LogP contribution >= 0.6 is 11.3 Å². The first-order valence-electron chi connectivity index (χ1n) is 9.46. The summed E-state index contributed by atoms with van der Waals surface area (Å²) in [6.07, 6.45) is 5.93. The number of carbonyl (C=O) groups is 1. The minimum Gasteiger partial charge on any atom is -0.373 e. The third-order valence-corrected chi connectivity index (χ3v) is 5.85. The largest absolute Gasteiger partial charge is 0.373 e. The summed E-state index contributed by atoms with van der Waals surface area (Å²) >= 11 is 1.35. The summed E-state index contributed by atoms with van der Waals surface area (Å²) in [5, 5.41) is 3.79. The van der Waals surface area contributed by atoms with E-state index in [0.29, 0.717) is 28.7 Å². The zero-order valence-electron chi connectivity index (χ0n) is 15.7. The van der Waals surface area contributed by atoms with E-state index in [-0.39, 0.29) is 18.1 Å². The molecule has 144 valence electrons. The van der Waals surface area contributed by atoms with Gasteiger partial charge in [0.1, 0.15) is 4.88 Å². The Bertz CT molecular complexity index is 924. The molecule has 0 aliphatic heterocycles. The number of amides is 1. The summed E-state index contributed by atoms with van der Waals surface area (Å²) in [6, 6.07) is 12.0. The van der Waals surface area contributed by atoms with E-state index in [0.717, 1.165) is 18.5 Å². The van der Waals surface area contributed by atoms with Crippen LogP contribution in [0.3, 0.4) is 0 Å². The number of nitrogens with zero attached hydrogens (tertiary/aromatic N) is 3. The van der Waals surface area contributed by atoms with Crippen molar-refractivity contribution >= 4 is 17.2 Å². The molecule has 7 heteroatoms. The summed E-state index contributed by atoms with van der Waals surface area (Å²) in [4.78, 5) is 26.4. The van der Waals surface area contributed by atoms with Crippen molar-refractivity contribution in [2.45, 2.75) is 44.9 Å². The molecule has 0 spiro atoms. The van der Waals surface area contributed by atoms with E-state index < -0.39 is 0 Å². The monoisotopic (exact) mass is 394 g/mol. The van der Waals surface area contributed by atoms with Crippen LogP contribution in [0.2, 0.25) is 0 Å². The maximum atomic E-state index is 12.7. The molecule has 1 aliphatic carbocycles. The topological polar surface area (TPSA) is 77.0 Å². The average Bonchev–Trinajstić information content (AvgIpc) is 3.15. The number of hydrogen-bond donors (Lipinski definition) is 1. The first kappa shape index (κ1) is 18.7. The van der Waals surface area contributed by atoms with E-state index in [4.69, 9.17) is 4.74 Å². The number of carbonyl (C=O) groups excluding carboxylic acids is 1. The van der Waals surface area contributed by atoms with Crippen LogP contribution in [0, 0.1) is 0 Å². The zero-order valence-corrected chi connectivity index (χ0v) is 16.5. The molecule has 3 aromatic rings. The number of hydrogen-bond acceptors (Lipinski definition) is 6. The summed E-state index contributed by atoms with van der Waals surface area (Å²) in [6.45, 7) is 2.61. The normalized spacial score (nSPS) is 18.5. The lowest BCUT2D eigenvalue weighted by molar-refractivity contribution is -0.0251. The molecule has 2 aromatic heterocycles. The van der Waals surface area contributed by atoms with Gasteiger partial charge in [-0.15, -0.1) is 11.3 Å². The van der Waals surface area contributed by atoms with Crippen LogP contribution in [-0.4, -0.2) is 33.0 Å². The lowest BCUT2D eigenvalue weighted by atomic mass is 9.89. The van der Waals surface area contributed by atoms with E-state index in [1.54, 1.807) is 18.5 Å². The van der Waals surface area contributed by atoms with Crippen LogP contribution in [0.4, 0.5) is 0 Å². The van der Waals surface area contributed by atoms with Gasteiger partial charge in [0.25, 0.3) is 5.91 Å². The van der Waals surface area contributed by atoms with E-state index in [1.165, 1.54) is 16.9 Å². The predicted molar refractivity (Wildman–Crippen MR) is 108 cm³/mol. The smallest absolute Gasteiger partial charge is 0.263 e. The Labute approximate surface area is 168 Å². The molecule has 1 fully saturated rings. The molecular formula is C21H22N4O2S. The molecule has 28 heavy (non-hydrogen) atoms. The van der Waals surface area contributed by atoms with Crippen LogP contribution in [0.25, 0.3) is 10.8 Å². The summed E-state index contributed by atoms with van der Waals surface area (Å²) in [5.74, 6) is 0.488. The van der Waals surface area contributed by atoms with Crippen LogP contribution in [0.1, 0.15) is 40.7 Å². The molecule has 4 rings (SSSR count). The van der Waals surface area contributed by atoms with Crippen molar-refractivity contribution < 1.29 is 9.53 Å². The molecule has 0 unspecified atom stereocenters. The summed E-state index contributed by atoms with van der Waals surface area (Å²) in [7, 11) is 0. The van der Waals surface area contributed by atoms with Gasteiger partial charge in [-0.25, -0.2) is 15.0 Å². The molecule has 0 radical (unpaired) electrons. The Hall–Kier alpha value is -2.64. The minimum absolute atomic E-state index is 0.0666. The maximum Gasteiger partial charge on any atom is 0.263 e. The average molecular weight is 395 g/mol. The molecule has 1 N–H and O–H groups in total. The van der Waals surface area contributed by atoms with Crippen LogP contribution in [0.15, 0.2) is 48.8 Å². The molecule has 0 atom stereocenters. The van der Waals surface area contributed by atoms with Gasteiger partial charge in [-0.2, -0.15) is 0 Å². The van der Waals surface area contributed by atoms with E-state index in [9.17, 15) is 4.79 Å². The van der Waals surface area contributed by atoms with Crippen molar-refractivity contribution in [2.24, 2.45) is 0 Å². The Morgan fingerprint density at radius 2 is 1.93 bits per heavy atom. The summed E-state index contributed by atoms with van der Waals surface area (Å²) < 4.78 is 5.91. The number of nitrogens with one attached hydrogen (secondary N) is 1. The zero-order chi connectivity index (χ0) is 19.3. The molecular weight excluding hydrogens is 372 g/mol. The molecule has 2 heterocycles. The highest BCUT2D eigenvalue weighted by molar-refractivity contribution is 7.17. The van der Waals surface area contributed by atoms with E-state index in [1.807, 2.05) is 25.1 Å². The fraction of sp³-hybridized carbons (Fsp3) is 0.333. The van der Waals surface area contributed by atoms with Gasteiger partial charge >= 0.3 is 0 Å². The van der Waals surface area contributed by atoms with Gasteiger partial charge in [-0.05, 0) is 30.9 Å². The van der Waals surface area contributed by atoms with Crippen LogP contribution < -0.4 is 5.32 Å². The Kier molecular flexibility index (Phi) is 5.73. The maximum absolute atomic E-state index is 12.7.